The van der Waals surface area contributed by atoms with Crippen LogP contribution in [0.5, 0.6) is 0 Å². The number of benzene rings is 2. The fraction of sp³-hybridized carbons (Fsp3) is 0.280. The zero-order chi connectivity index (χ0) is 20.6. The van der Waals surface area contributed by atoms with E-state index < -0.39 is 6.04 Å². The molecule has 1 atom stereocenters. The van der Waals surface area contributed by atoms with Crippen molar-refractivity contribution >= 4 is 11.8 Å². The zero-order valence-corrected chi connectivity index (χ0v) is 16.7. The molecule has 2 aromatic carbocycles. The lowest BCUT2D eigenvalue weighted by molar-refractivity contribution is -0.126. The summed E-state index contributed by atoms with van der Waals surface area (Å²) in [5, 5.41) is 3.15. The van der Waals surface area contributed by atoms with Crippen LogP contribution in [0.2, 0.25) is 0 Å². The Bertz CT molecular complexity index is 1060. The molecule has 2 amide bonds. The molecular formula is C25H24N2O3. The molecular weight excluding hydrogens is 376 g/mol. The number of nitrogens with one attached hydrogen (secondary N) is 1. The summed E-state index contributed by atoms with van der Waals surface area (Å²) in [4.78, 5) is 28.0. The van der Waals surface area contributed by atoms with Crippen molar-refractivity contribution in [3.05, 3.63) is 95.4 Å². The number of carbonyl (C=O) groups is 2. The second kappa shape index (κ2) is 7.48. The number of carbonyl (C=O) groups excluding carboxylic acids is 2. The van der Waals surface area contributed by atoms with Gasteiger partial charge in [-0.1, -0.05) is 54.6 Å². The number of hydrogen-bond donors (Lipinski definition) is 1. The Morgan fingerprint density at radius 3 is 2.40 bits per heavy atom. The lowest BCUT2D eigenvalue weighted by atomic mass is 9.92. The van der Waals surface area contributed by atoms with Crippen molar-refractivity contribution in [2.45, 2.75) is 37.3 Å². The first-order chi connectivity index (χ1) is 14.7. The first-order valence-electron chi connectivity index (χ1n) is 10.4. The van der Waals surface area contributed by atoms with E-state index in [1.807, 2.05) is 42.5 Å². The normalized spacial score (nSPS) is 19.1. The molecule has 5 nitrogen and oxygen atoms in total. The van der Waals surface area contributed by atoms with Crippen molar-refractivity contribution in [1.82, 2.24) is 10.2 Å². The smallest absolute Gasteiger partial charge is 0.290 e. The monoisotopic (exact) mass is 400 g/mol. The lowest BCUT2D eigenvalue weighted by Crippen LogP contribution is -2.53. The van der Waals surface area contributed by atoms with Gasteiger partial charge >= 0.3 is 0 Å². The van der Waals surface area contributed by atoms with Gasteiger partial charge < -0.3 is 14.6 Å². The quantitative estimate of drug-likeness (QED) is 0.710. The highest BCUT2D eigenvalue weighted by Gasteiger charge is 2.45. The van der Waals surface area contributed by atoms with Crippen LogP contribution in [0.15, 0.2) is 77.4 Å². The predicted molar refractivity (Wildman–Crippen MR) is 113 cm³/mol. The van der Waals surface area contributed by atoms with E-state index in [0.29, 0.717) is 19.5 Å². The highest BCUT2D eigenvalue weighted by atomic mass is 16.3. The molecule has 3 aromatic rings. The molecule has 152 valence electrons. The highest BCUT2D eigenvalue weighted by Crippen LogP contribution is 2.47. The average Bonchev–Trinajstić information content (AvgIpc) is 3.39. The molecule has 1 aromatic heterocycles. The highest BCUT2D eigenvalue weighted by molar-refractivity contribution is 5.96. The SMILES string of the molecule is O=C(NCC1(c2ccccc2)CC1)[C@H]1Cc2ccccc2CN1C(=O)c1ccco1. The van der Waals surface area contributed by atoms with E-state index >= 15 is 0 Å². The number of amides is 2. The molecule has 0 radical (unpaired) electrons. The molecule has 1 aliphatic carbocycles. The van der Waals surface area contributed by atoms with Crippen molar-refractivity contribution in [1.29, 1.82) is 0 Å². The molecule has 0 unspecified atom stereocenters. The van der Waals surface area contributed by atoms with E-state index in [1.54, 1.807) is 17.0 Å². The molecule has 2 aliphatic rings. The van der Waals surface area contributed by atoms with Crippen molar-refractivity contribution < 1.29 is 14.0 Å². The van der Waals surface area contributed by atoms with Crippen LogP contribution < -0.4 is 5.32 Å². The van der Waals surface area contributed by atoms with Gasteiger partial charge in [0.1, 0.15) is 6.04 Å². The minimum absolute atomic E-state index is 0.0271. The van der Waals surface area contributed by atoms with E-state index in [2.05, 4.69) is 17.4 Å². The number of furan rings is 1. The summed E-state index contributed by atoms with van der Waals surface area (Å²) in [5.41, 5.74) is 3.48. The second-order valence-electron chi connectivity index (χ2n) is 8.26. The Labute approximate surface area is 175 Å². The minimum atomic E-state index is -0.552. The molecule has 30 heavy (non-hydrogen) atoms. The van der Waals surface area contributed by atoms with Crippen LogP contribution in [0.25, 0.3) is 0 Å². The summed E-state index contributed by atoms with van der Waals surface area (Å²) in [6.07, 6.45) is 4.13. The van der Waals surface area contributed by atoms with Crippen LogP contribution in [0.3, 0.4) is 0 Å². The standard InChI is InChI=1S/C25H24N2O3/c28-23(26-17-25(12-13-25)20-9-2-1-3-10-20)21-15-18-7-4-5-8-19(18)16-27(21)24(29)22-11-6-14-30-22/h1-11,14,21H,12-13,15-17H2,(H,26,28)/t21-/m1/s1. The third-order valence-electron chi connectivity index (χ3n) is 6.38. The zero-order valence-electron chi connectivity index (χ0n) is 16.7. The van der Waals surface area contributed by atoms with Crippen molar-refractivity contribution in [2.24, 2.45) is 0 Å². The van der Waals surface area contributed by atoms with Gasteiger partial charge in [0.05, 0.1) is 6.26 Å². The molecule has 0 saturated heterocycles. The Kier molecular flexibility index (Phi) is 4.66. The minimum Gasteiger partial charge on any atom is -0.459 e. The summed E-state index contributed by atoms with van der Waals surface area (Å²) in [7, 11) is 0. The van der Waals surface area contributed by atoms with E-state index in [1.165, 1.54) is 11.8 Å². The molecule has 0 spiro atoms. The van der Waals surface area contributed by atoms with Crippen LogP contribution in [0, 0.1) is 0 Å². The average molecular weight is 400 g/mol. The molecule has 5 heteroatoms. The van der Waals surface area contributed by atoms with E-state index in [-0.39, 0.29) is 23.0 Å². The Hall–Kier alpha value is -3.34. The maximum atomic E-state index is 13.3. The summed E-state index contributed by atoms with van der Waals surface area (Å²) in [6.45, 7) is 0.994. The van der Waals surface area contributed by atoms with Crippen LogP contribution in [-0.4, -0.2) is 29.3 Å². The number of nitrogens with zero attached hydrogens (tertiary/aromatic N) is 1. The van der Waals surface area contributed by atoms with Gasteiger partial charge in [-0.2, -0.15) is 0 Å². The summed E-state index contributed by atoms with van der Waals surface area (Å²) < 4.78 is 5.32. The summed E-state index contributed by atoms with van der Waals surface area (Å²) >= 11 is 0. The van der Waals surface area contributed by atoms with Crippen LogP contribution in [-0.2, 0) is 23.2 Å². The van der Waals surface area contributed by atoms with Crippen molar-refractivity contribution in [2.75, 3.05) is 6.54 Å². The molecule has 2 heterocycles. The van der Waals surface area contributed by atoms with Gasteiger partial charge in [0, 0.05) is 24.9 Å². The van der Waals surface area contributed by atoms with Crippen molar-refractivity contribution in [3.8, 4) is 0 Å². The number of fused-ring (bicyclic) bond motifs is 1. The first kappa shape index (κ1) is 18.7. The largest absolute Gasteiger partial charge is 0.459 e. The molecule has 1 saturated carbocycles. The third kappa shape index (κ3) is 3.41. The summed E-state index contributed by atoms with van der Waals surface area (Å²) in [6, 6.07) is 21.1. The van der Waals surface area contributed by atoms with Gasteiger partial charge in [0.15, 0.2) is 5.76 Å². The molecule has 0 bridgehead atoms. The number of hydrogen-bond acceptors (Lipinski definition) is 3. The van der Waals surface area contributed by atoms with Crippen molar-refractivity contribution in [3.63, 3.8) is 0 Å². The Morgan fingerprint density at radius 2 is 1.70 bits per heavy atom. The van der Waals surface area contributed by atoms with E-state index in [0.717, 1.165) is 24.0 Å². The summed E-state index contributed by atoms with van der Waals surface area (Å²) in [5.74, 6) is -0.0967. The molecule has 1 aliphatic heterocycles. The van der Waals surface area contributed by atoms with Crippen LogP contribution >= 0.6 is 0 Å². The van der Waals surface area contributed by atoms with Crippen LogP contribution in [0.4, 0.5) is 0 Å². The number of rotatable bonds is 5. The fourth-order valence-electron chi connectivity index (χ4n) is 4.40. The van der Waals surface area contributed by atoms with E-state index in [4.69, 9.17) is 4.42 Å². The Morgan fingerprint density at radius 1 is 0.967 bits per heavy atom. The Balaban J connectivity index is 1.36. The van der Waals surface area contributed by atoms with Gasteiger partial charge in [-0.15, -0.1) is 0 Å². The molecule has 1 fully saturated rings. The fourth-order valence-corrected chi connectivity index (χ4v) is 4.40. The van der Waals surface area contributed by atoms with Gasteiger partial charge in [-0.3, -0.25) is 9.59 Å². The van der Waals surface area contributed by atoms with E-state index in [9.17, 15) is 9.59 Å². The van der Waals surface area contributed by atoms with Gasteiger partial charge in [0.25, 0.3) is 5.91 Å². The topological polar surface area (TPSA) is 62.6 Å². The predicted octanol–water partition coefficient (Wildman–Crippen LogP) is 3.69. The van der Waals surface area contributed by atoms with Gasteiger partial charge in [-0.05, 0) is 41.7 Å². The lowest BCUT2D eigenvalue weighted by Gasteiger charge is -2.35. The maximum Gasteiger partial charge on any atom is 0.290 e. The second-order valence-corrected chi connectivity index (χ2v) is 8.26. The first-order valence-corrected chi connectivity index (χ1v) is 10.4. The molecule has 1 N–H and O–H groups in total. The maximum absolute atomic E-state index is 13.3. The van der Waals surface area contributed by atoms with Gasteiger partial charge in [0.2, 0.25) is 5.91 Å². The third-order valence-corrected chi connectivity index (χ3v) is 6.38. The van der Waals surface area contributed by atoms with Crippen LogP contribution in [0.1, 0.15) is 40.1 Å². The van der Waals surface area contributed by atoms with Gasteiger partial charge in [-0.25, -0.2) is 0 Å². The molecule has 5 rings (SSSR count).